The van der Waals surface area contributed by atoms with Gasteiger partial charge in [0.05, 0.1) is 4.90 Å². The van der Waals surface area contributed by atoms with Crippen molar-refractivity contribution in [2.75, 3.05) is 40.3 Å². The number of hydrogen-bond donors (Lipinski definition) is 0. The van der Waals surface area contributed by atoms with Crippen LogP contribution in [-0.2, 0) is 10.0 Å². The summed E-state index contributed by atoms with van der Waals surface area (Å²) in [5, 5.41) is 0. The first kappa shape index (κ1) is 18.2. The van der Waals surface area contributed by atoms with Crippen LogP contribution in [0.1, 0.15) is 26.2 Å². The van der Waals surface area contributed by atoms with Crippen LogP contribution in [0.3, 0.4) is 0 Å². The van der Waals surface area contributed by atoms with Gasteiger partial charge >= 0.3 is 0 Å². The molecule has 0 saturated carbocycles. The molecule has 23 heavy (non-hydrogen) atoms. The Kier molecular flexibility index (Phi) is 6.44. The maximum Gasteiger partial charge on any atom is 0.242 e. The van der Waals surface area contributed by atoms with Crippen LogP contribution in [0.25, 0.3) is 0 Å². The van der Waals surface area contributed by atoms with Crippen molar-refractivity contribution >= 4 is 10.0 Å². The molecule has 1 aliphatic heterocycles. The van der Waals surface area contributed by atoms with E-state index in [4.69, 9.17) is 4.74 Å². The zero-order valence-electron chi connectivity index (χ0n) is 14.4. The molecule has 0 spiro atoms. The average molecular weight is 340 g/mol. The average Bonchev–Trinajstić information content (AvgIpc) is 2.72. The first-order chi connectivity index (χ1) is 10.9. The van der Waals surface area contributed by atoms with E-state index in [9.17, 15) is 8.42 Å². The Balaban J connectivity index is 1.82. The summed E-state index contributed by atoms with van der Waals surface area (Å²) in [4.78, 5) is 2.74. The smallest absolute Gasteiger partial charge is 0.242 e. The van der Waals surface area contributed by atoms with Gasteiger partial charge in [-0.15, -0.1) is 0 Å². The minimum Gasteiger partial charge on any atom is -0.492 e. The van der Waals surface area contributed by atoms with Gasteiger partial charge in [0, 0.05) is 20.6 Å². The van der Waals surface area contributed by atoms with Gasteiger partial charge in [0.25, 0.3) is 0 Å². The van der Waals surface area contributed by atoms with Gasteiger partial charge in [0.15, 0.2) is 0 Å². The van der Waals surface area contributed by atoms with E-state index in [0.29, 0.717) is 12.4 Å². The molecule has 1 atom stereocenters. The highest BCUT2D eigenvalue weighted by atomic mass is 32.2. The number of sulfonamides is 1. The van der Waals surface area contributed by atoms with E-state index >= 15 is 0 Å². The van der Waals surface area contributed by atoms with Crippen LogP contribution in [0.4, 0.5) is 0 Å². The van der Waals surface area contributed by atoms with Crippen molar-refractivity contribution in [1.82, 2.24) is 9.21 Å². The van der Waals surface area contributed by atoms with Gasteiger partial charge < -0.3 is 4.74 Å². The Bertz CT molecular complexity index is 584. The van der Waals surface area contributed by atoms with Crippen molar-refractivity contribution in [1.29, 1.82) is 0 Å². The zero-order valence-corrected chi connectivity index (χ0v) is 15.2. The van der Waals surface area contributed by atoms with Gasteiger partial charge in [0.1, 0.15) is 12.4 Å². The highest BCUT2D eigenvalue weighted by Crippen LogP contribution is 2.19. The quantitative estimate of drug-likeness (QED) is 0.798. The van der Waals surface area contributed by atoms with Crippen LogP contribution in [0.5, 0.6) is 5.75 Å². The molecule has 0 N–H and O–H groups in total. The number of rotatable bonds is 6. The molecule has 1 fully saturated rings. The summed E-state index contributed by atoms with van der Waals surface area (Å²) >= 11 is 0. The van der Waals surface area contributed by atoms with E-state index in [1.54, 1.807) is 24.3 Å². The molecule has 2 rings (SSSR count). The van der Waals surface area contributed by atoms with E-state index in [1.165, 1.54) is 37.7 Å². The van der Waals surface area contributed by atoms with E-state index in [2.05, 4.69) is 11.8 Å². The molecule has 0 bridgehead atoms. The van der Waals surface area contributed by atoms with Gasteiger partial charge in [-0.3, -0.25) is 4.90 Å². The summed E-state index contributed by atoms with van der Waals surface area (Å²) in [5.74, 6) is 1.54. The standard InChI is InChI=1S/C17H28N2O3S/c1-15-5-4-11-19(12-10-15)13-14-22-16-6-8-17(9-7-16)23(20,21)18(2)3/h6-9,15H,4-5,10-14H2,1-3H3/t15-/m1/s1. The lowest BCUT2D eigenvalue weighted by atomic mass is 10.0. The Morgan fingerprint density at radius 1 is 1.17 bits per heavy atom. The third-order valence-corrected chi connectivity index (χ3v) is 6.22. The highest BCUT2D eigenvalue weighted by Gasteiger charge is 2.17. The zero-order chi connectivity index (χ0) is 16.9. The van der Waals surface area contributed by atoms with Crippen molar-refractivity contribution in [2.24, 2.45) is 5.92 Å². The number of nitrogens with zero attached hydrogens (tertiary/aromatic N) is 2. The van der Waals surface area contributed by atoms with Crippen LogP contribution in [0.15, 0.2) is 29.2 Å². The van der Waals surface area contributed by atoms with Gasteiger partial charge in [-0.2, -0.15) is 0 Å². The third-order valence-electron chi connectivity index (χ3n) is 4.39. The van der Waals surface area contributed by atoms with E-state index in [1.807, 2.05) is 0 Å². The summed E-state index contributed by atoms with van der Waals surface area (Å²) in [6.45, 7) is 6.17. The van der Waals surface area contributed by atoms with Crippen molar-refractivity contribution in [3.05, 3.63) is 24.3 Å². The number of ether oxygens (including phenoxy) is 1. The third kappa shape index (κ3) is 5.19. The Labute approximate surface area is 140 Å². The predicted octanol–water partition coefficient (Wildman–Crippen LogP) is 2.44. The van der Waals surface area contributed by atoms with Crippen molar-refractivity contribution in [3.8, 4) is 5.75 Å². The molecule has 1 aromatic rings. The van der Waals surface area contributed by atoms with E-state index in [0.717, 1.165) is 25.6 Å². The predicted molar refractivity (Wildman–Crippen MR) is 92.3 cm³/mol. The summed E-state index contributed by atoms with van der Waals surface area (Å²) < 4.78 is 31.0. The van der Waals surface area contributed by atoms with Crippen LogP contribution in [0, 0.1) is 5.92 Å². The van der Waals surface area contributed by atoms with Crippen molar-refractivity contribution in [2.45, 2.75) is 31.1 Å². The number of hydrogen-bond acceptors (Lipinski definition) is 4. The minimum absolute atomic E-state index is 0.288. The van der Waals surface area contributed by atoms with Crippen molar-refractivity contribution < 1.29 is 13.2 Å². The fraction of sp³-hybridized carbons (Fsp3) is 0.647. The lowest BCUT2D eigenvalue weighted by Gasteiger charge is -2.20. The summed E-state index contributed by atoms with van der Waals surface area (Å²) in [5.41, 5.74) is 0. The molecular weight excluding hydrogens is 312 g/mol. The Hall–Kier alpha value is -1.11. The van der Waals surface area contributed by atoms with E-state index in [-0.39, 0.29) is 4.90 Å². The molecule has 1 aromatic carbocycles. The van der Waals surface area contributed by atoms with Crippen LogP contribution < -0.4 is 4.74 Å². The van der Waals surface area contributed by atoms with Gasteiger partial charge in [-0.05, 0) is 62.5 Å². The molecule has 1 heterocycles. The number of benzene rings is 1. The van der Waals surface area contributed by atoms with Crippen LogP contribution in [-0.4, -0.2) is 58.0 Å². The molecule has 6 heteroatoms. The first-order valence-electron chi connectivity index (χ1n) is 8.27. The normalized spacial score (nSPS) is 20.4. The maximum atomic E-state index is 12.0. The fourth-order valence-electron chi connectivity index (χ4n) is 2.76. The van der Waals surface area contributed by atoms with Crippen molar-refractivity contribution in [3.63, 3.8) is 0 Å². The lowest BCUT2D eigenvalue weighted by molar-refractivity contribution is 0.212. The summed E-state index contributed by atoms with van der Waals surface area (Å²) in [6, 6.07) is 6.64. The first-order valence-corrected chi connectivity index (χ1v) is 9.71. The SMILES string of the molecule is C[C@@H]1CCCN(CCOc2ccc(S(=O)(=O)N(C)C)cc2)CC1. The Morgan fingerprint density at radius 2 is 1.87 bits per heavy atom. The molecule has 1 aliphatic rings. The largest absolute Gasteiger partial charge is 0.492 e. The fourth-order valence-corrected chi connectivity index (χ4v) is 3.66. The second kappa shape index (κ2) is 8.13. The second-order valence-electron chi connectivity index (χ2n) is 6.49. The molecule has 0 amide bonds. The van der Waals surface area contributed by atoms with Crippen LogP contribution in [0.2, 0.25) is 0 Å². The van der Waals surface area contributed by atoms with Gasteiger partial charge in [0.2, 0.25) is 10.0 Å². The molecule has 0 aliphatic carbocycles. The topological polar surface area (TPSA) is 49.9 Å². The lowest BCUT2D eigenvalue weighted by Crippen LogP contribution is -2.29. The summed E-state index contributed by atoms with van der Waals surface area (Å²) in [7, 11) is -0.312. The highest BCUT2D eigenvalue weighted by molar-refractivity contribution is 7.89. The van der Waals surface area contributed by atoms with Crippen LogP contribution >= 0.6 is 0 Å². The number of likely N-dealkylation sites (tertiary alicyclic amines) is 1. The molecule has 0 aromatic heterocycles. The van der Waals surface area contributed by atoms with Gasteiger partial charge in [-0.1, -0.05) is 6.92 Å². The monoisotopic (exact) mass is 340 g/mol. The molecule has 130 valence electrons. The molecule has 1 saturated heterocycles. The molecular formula is C17H28N2O3S. The maximum absolute atomic E-state index is 12.0. The summed E-state index contributed by atoms with van der Waals surface area (Å²) in [6.07, 6.45) is 3.84. The van der Waals surface area contributed by atoms with E-state index < -0.39 is 10.0 Å². The minimum atomic E-state index is -3.37. The molecule has 0 radical (unpaired) electrons. The Morgan fingerprint density at radius 3 is 2.52 bits per heavy atom. The van der Waals surface area contributed by atoms with Gasteiger partial charge in [-0.25, -0.2) is 12.7 Å². The molecule has 5 nitrogen and oxygen atoms in total. The molecule has 0 unspecified atom stereocenters. The second-order valence-corrected chi connectivity index (χ2v) is 8.64.